The Bertz CT molecular complexity index is 879. The van der Waals surface area contributed by atoms with Gasteiger partial charge in [0, 0.05) is 25.8 Å². The van der Waals surface area contributed by atoms with Gasteiger partial charge in [0.2, 0.25) is 0 Å². The molecule has 10 heteroatoms. The normalized spacial score (nSPS) is 16.9. The fraction of sp³-hybridized carbons (Fsp3) is 0.412. The van der Waals surface area contributed by atoms with Gasteiger partial charge in [-0.2, -0.15) is 8.42 Å². The molecule has 27 heavy (non-hydrogen) atoms. The van der Waals surface area contributed by atoms with Gasteiger partial charge in [0.05, 0.1) is 26.5 Å². The molecular weight excluding hydrogens is 374 g/mol. The SMILES string of the molecule is COC[C@@H](C)NC(=O)C1=CC(c2cc(OC)ccc2OC)=NS(=O)(=O)N1C. The van der Waals surface area contributed by atoms with E-state index < -0.39 is 16.1 Å². The average molecular weight is 397 g/mol. The van der Waals surface area contributed by atoms with Gasteiger partial charge in [-0.1, -0.05) is 0 Å². The molecule has 0 aliphatic carbocycles. The van der Waals surface area contributed by atoms with E-state index >= 15 is 0 Å². The molecule has 1 amide bonds. The third-order valence-corrected chi connectivity index (χ3v) is 5.20. The Morgan fingerprint density at radius 3 is 2.56 bits per heavy atom. The highest BCUT2D eigenvalue weighted by Gasteiger charge is 2.31. The van der Waals surface area contributed by atoms with Gasteiger partial charge in [-0.05, 0) is 31.2 Å². The van der Waals surface area contributed by atoms with Crippen molar-refractivity contribution in [2.45, 2.75) is 13.0 Å². The summed E-state index contributed by atoms with van der Waals surface area (Å²) in [7, 11) is 1.65. The number of rotatable bonds is 7. The van der Waals surface area contributed by atoms with Gasteiger partial charge in [0.25, 0.3) is 5.91 Å². The van der Waals surface area contributed by atoms with E-state index in [1.165, 1.54) is 34.5 Å². The van der Waals surface area contributed by atoms with Crippen molar-refractivity contribution >= 4 is 21.8 Å². The molecule has 0 unspecified atom stereocenters. The molecule has 1 aliphatic rings. The smallest absolute Gasteiger partial charge is 0.345 e. The number of benzene rings is 1. The maximum absolute atomic E-state index is 12.6. The molecule has 1 heterocycles. The number of likely N-dealkylation sites (N-methyl/N-ethyl adjacent to an activating group) is 1. The molecule has 0 aromatic heterocycles. The first-order valence-electron chi connectivity index (χ1n) is 8.06. The monoisotopic (exact) mass is 397 g/mol. The lowest BCUT2D eigenvalue weighted by Crippen LogP contribution is -2.42. The number of nitrogens with one attached hydrogen (secondary N) is 1. The topological polar surface area (TPSA) is 107 Å². The zero-order valence-electron chi connectivity index (χ0n) is 15.8. The average Bonchev–Trinajstić information content (AvgIpc) is 2.63. The predicted octanol–water partition coefficient (Wildman–Crippen LogP) is 0.718. The molecule has 0 saturated carbocycles. The molecule has 0 spiro atoms. The Morgan fingerprint density at radius 2 is 1.96 bits per heavy atom. The Kier molecular flexibility index (Phi) is 6.45. The van der Waals surface area contributed by atoms with Crippen LogP contribution < -0.4 is 14.8 Å². The van der Waals surface area contributed by atoms with Gasteiger partial charge in [-0.3, -0.25) is 4.79 Å². The summed E-state index contributed by atoms with van der Waals surface area (Å²) in [4.78, 5) is 12.6. The van der Waals surface area contributed by atoms with Crippen molar-refractivity contribution < 1.29 is 27.4 Å². The Morgan fingerprint density at radius 1 is 1.26 bits per heavy atom. The van der Waals surface area contributed by atoms with Crippen molar-refractivity contribution in [1.29, 1.82) is 0 Å². The van der Waals surface area contributed by atoms with Gasteiger partial charge in [0.15, 0.2) is 0 Å². The van der Waals surface area contributed by atoms with Gasteiger partial charge in [-0.25, -0.2) is 4.31 Å². The first-order valence-corrected chi connectivity index (χ1v) is 9.46. The molecule has 0 bridgehead atoms. The van der Waals surface area contributed by atoms with Crippen LogP contribution in [0.1, 0.15) is 12.5 Å². The highest BCUT2D eigenvalue weighted by Crippen LogP contribution is 2.28. The zero-order chi connectivity index (χ0) is 20.2. The fourth-order valence-electron chi connectivity index (χ4n) is 2.50. The van der Waals surface area contributed by atoms with E-state index in [0.29, 0.717) is 23.7 Å². The minimum atomic E-state index is -4.08. The van der Waals surface area contributed by atoms with Crippen LogP contribution in [0.25, 0.3) is 0 Å². The van der Waals surface area contributed by atoms with E-state index in [9.17, 15) is 13.2 Å². The highest BCUT2D eigenvalue weighted by atomic mass is 32.2. The molecule has 1 aliphatic heterocycles. The lowest BCUT2D eigenvalue weighted by Gasteiger charge is -2.25. The molecule has 1 aromatic carbocycles. The van der Waals surface area contributed by atoms with E-state index in [2.05, 4.69) is 9.71 Å². The number of hydrogen-bond donors (Lipinski definition) is 1. The van der Waals surface area contributed by atoms with Crippen molar-refractivity contribution in [1.82, 2.24) is 9.62 Å². The van der Waals surface area contributed by atoms with Crippen LogP contribution in [0.3, 0.4) is 0 Å². The second-order valence-corrected chi connectivity index (χ2v) is 7.47. The number of ether oxygens (including phenoxy) is 3. The quantitative estimate of drug-likeness (QED) is 0.727. The first kappa shape index (κ1) is 20.7. The van der Waals surface area contributed by atoms with E-state index in [-0.39, 0.29) is 17.5 Å². The van der Waals surface area contributed by atoms with Crippen LogP contribution in [0.4, 0.5) is 0 Å². The van der Waals surface area contributed by atoms with Crippen LogP contribution in [-0.4, -0.2) is 65.4 Å². The lowest BCUT2D eigenvalue weighted by molar-refractivity contribution is -0.119. The van der Waals surface area contributed by atoms with Crippen LogP contribution in [0.5, 0.6) is 11.5 Å². The van der Waals surface area contributed by atoms with Gasteiger partial charge < -0.3 is 19.5 Å². The van der Waals surface area contributed by atoms with Crippen LogP contribution in [0, 0.1) is 0 Å². The number of carbonyl (C=O) groups is 1. The fourth-order valence-corrected chi connectivity index (χ4v) is 3.40. The van der Waals surface area contributed by atoms with Crippen LogP contribution in [-0.2, 0) is 19.7 Å². The van der Waals surface area contributed by atoms with Gasteiger partial charge >= 0.3 is 10.2 Å². The zero-order valence-corrected chi connectivity index (χ0v) is 16.7. The van der Waals surface area contributed by atoms with E-state index in [0.717, 1.165) is 4.31 Å². The summed E-state index contributed by atoms with van der Waals surface area (Å²) in [6, 6.07) is 4.61. The standard InChI is InChI=1S/C17H23N3O6S/c1-11(10-24-3)18-17(21)15-9-14(19-27(22,23)20(15)2)13-8-12(25-4)6-7-16(13)26-5/h6-9,11H,10H2,1-5H3,(H,18,21)/t11-/m1/s1. The highest BCUT2D eigenvalue weighted by molar-refractivity contribution is 7.88. The molecule has 9 nitrogen and oxygen atoms in total. The molecule has 1 aromatic rings. The maximum atomic E-state index is 12.6. The summed E-state index contributed by atoms with van der Waals surface area (Å²) >= 11 is 0. The van der Waals surface area contributed by atoms with Crippen molar-refractivity contribution in [3.05, 3.63) is 35.5 Å². The molecule has 0 fully saturated rings. The minimum absolute atomic E-state index is 0.0622. The number of nitrogens with zero attached hydrogens (tertiary/aromatic N) is 2. The predicted molar refractivity (Wildman–Crippen MR) is 100 cm³/mol. The molecule has 1 N–H and O–H groups in total. The summed E-state index contributed by atoms with van der Waals surface area (Å²) in [5.74, 6) is 0.343. The Hall–Kier alpha value is -2.59. The van der Waals surface area contributed by atoms with Crippen LogP contribution >= 0.6 is 0 Å². The van der Waals surface area contributed by atoms with Crippen LogP contribution in [0.2, 0.25) is 0 Å². The molecule has 1 atom stereocenters. The first-order chi connectivity index (χ1) is 12.7. The van der Waals surface area contributed by atoms with E-state index in [1.54, 1.807) is 25.1 Å². The number of carbonyl (C=O) groups excluding carboxylic acids is 1. The van der Waals surface area contributed by atoms with E-state index in [1.807, 2.05) is 0 Å². The summed E-state index contributed by atoms with van der Waals surface area (Å²) in [6.45, 7) is 2.04. The van der Waals surface area contributed by atoms with Crippen molar-refractivity contribution in [3.8, 4) is 11.5 Å². The largest absolute Gasteiger partial charge is 0.497 e. The van der Waals surface area contributed by atoms with Crippen molar-refractivity contribution in [3.63, 3.8) is 0 Å². The second kappa shape index (κ2) is 8.40. The minimum Gasteiger partial charge on any atom is -0.497 e. The molecular formula is C17H23N3O6S. The van der Waals surface area contributed by atoms with Crippen molar-refractivity contribution in [2.24, 2.45) is 4.40 Å². The number of allylic oxidation sites excluding steroid dienone is 1. The molecule has 148 valence electrons. The Balaban J connectivity index is 2.51. The number of methoxy groups -OCH3 is 3. The molecule has 0 radical (unpaired) electrons. The Labute approximate surface area is 158 Å². The third-order valence-electron chi connectivity index (χ3n) is 3.88. The summed E-state index contributed by atoms with van der Waals surface area (Å²) in [5.41, 5.74) is 0.407. The van der Waals surface area contributed by atoms with Gasteiger partial charge in [-0.15, -0.1) is 4.40 Å². The summed E-state index contributed by atoms with van der Waals surface area (Å²) in [6.07, 6.45) is 1.40. The molecule has 0 saturated heterocycles. The summed E-state index contributed by atoms with van der Waals surface area (Å²) < 4.78 is 45.0. The number of hydrogen-bond acceptors (Lipinski definition) is 6. The van der Waals surface area contributed by atoms with Gasteiger partial charge in [0.1, 0.15) is 17.2 Å². The maximum Gasteiger partial charge on any atom is 0.345 e. The number of amides is 1. The second-order valence-electron chi connectivity index (χ2n) is 5.85. The lowest BCUT2D eigenvalue weighted by atomic mass is 10.1. The van der Waals surface area contributed by atoms with Crippen LogP contribution in [0.15, 0.2) is 34.4 Å². The third kappa shape index (κ3) is 4.58. The summed E-state index contributed by atoms with van der Waals surface area (Å²) in [5, 5.41) is 2.69. The van der Waals surface area contributed by atoms with Crippen molar-refractivity contribution in [2.75, 3.05) is 35.0 Å². The van der Waals surface area contributed by atoms with E-state index in [4.69, 9.17) is 14.2 Å². The molecule has 2 rings (SSSR count).